The summed E-state index contributed by atoms with van der Waals surface area (Å²) in [7, 11) is 1.63. The zero-order valence-corrected chi connectivity index (χ0v) is 14.3. The number of hydrogen-bond donors (Lipinski definition) is 1. The molecule has 0 aliphatic carbocycles. The van der Waals surface area contributed by atoms with Crippen LogP contribution in [-0.2, 0) is 11.8 Å². The molecule has 0 saturated heterocycles. The smallest absolute Gasteiger partial charge is 0.284 e. The number of hydrogen-bond acceptors (Lipinski definition) is 5. The molecule has 0 unspecified atom stereocenters. The molecule has 8 heteroatoms. The topological polar surface area (TPSA) is 76.9 Å². The molecular weight excluding hydrogens is 348 g/mol. The van der Waals surface area contributed by atoms with Crippen LogP contribution in [0.4, 0.5) is 5.69 Å². The minimum absolute atomic E-state index is 0.0700. The second kappa shape index (κ2) is 7.02. The number of fused-ring (bicyclic) bond motifs is 1. The second-order valence-corrected chi connectivity index (χ2v) is 6.37. The third-order valence-corrected chi connectivity index (χ3v) is 4.42. The third kappa shape index (κ3) is 3.58. The van der Waals surface area contributed by atoms with Crippen LogP contribution >= 0.6 is 23.4 Å². The van der Waals surface area contributed by atoms with Crippen LogP contribution in [0.15, 0.2) is 52.4 Å². The molecule has 0 bridgehead atoms. The van der Waals surface area contributed by atoms with Crippen LogP contribution in [0, 0.1) is 0 Å². The minimum atomic E-state index is -0.276. The van der Waals surface area contributed by atoms with E-state index in [1.54, 1.807) is 49.6 Å². The van der Waals surface area contributed by atoms with Crippen molar-refractivity contribution in [2.24, 2.45) is 7.05 Å². The van der Waals surface area contributed by atoms with Crippen molar-refractivity contribution in [3.8, 4) is 0 Å². The number of rotatable bonds is 4. The van der Waals surface area contributed by atoms with Gasteiger partial charge in [-0.25, -0.2) is 9.97 Å². The lowest BCUT2D eigenvalue weighted by molar-refractivity contribution is -0.113. The highest BCUT2D eigenvalue weighted by atomic mass is 35.5. The number of thioether (sulfide) groups is 1. The van der Waals surface area contributed by atoms with Gasteiger partial charge < -0.3 is 5.32 Å². The maximum Gasteiger partial charge on any atom is 0.284 e. The number of anilines is 1. The van der Waals surface area contributed by atoms with Gasteiger partial charge in [0.25, 0.3) is 5.56 Å². The van der Waals surface area contributed by atoms with Gasteiger partial charge in [0, 0.05) is 24.0 Å². The number of carbonyl (C=O) groups is 1. The van der Waals surface area contributed by atoms with E-state index >= 15 is 0 Å². The van der Waals surface area contributed by atoms with Gasteiger partial charge in [0.2, 0.25) is 5.91 Å². The summed E-state index contributed by atoms with van der Waals surface area (Å²) in [5.41, 5.74) is 1.45. The number of halogens is 1. The summed E-state index contributed by atoms with van der Waals surface area (Å²) in [6.07, 6.45) is 1.61. The van der Waals surface area contributed by atoms with E-state index in [0.717, 1.165) is 11.8 Å². The van der Waals surface area contributed by atoms with Gasteiger partial charge in [-0.05, 0) is 30.3 Å². The summed E-state index contributed by atoms with van der Waals surface area (Å²) in [5, 5.41) is 3.53. The molecule has 24 heavy (non-hydrogen) atoms. The highest BCUT2D eigenvalue weighted by molar-refractivity contribution is 7.99. The van der Waals surface area contributed by atoms with E-state index in [0.29, 0.717) is 21.9 Å². The number of nitrogens with one attached hydrogen (secondary N) is 1. The predicted molar refractivity (Wildman–Crippen MR) is 95.6 cm³/mol. The van der Waals surface area contributed by atoms with Gasteiger partial charge in [0.05, 0.1) is 5.75 Å². The molecule has 0 aliphatic heterocycles. The Bertz CT molecular complexity index is 974. The maximum absolute atomic E-state index is 12.3. The average molecular weight is 361 g/mol. The van der Waals surface area contributed by atoms with Gasteiger partial charge in [-0.1, -0.05) is 29.4 Å². The first-order chi connectivity index (χ1) is 11.5. The quantitative estimate of drug-likeness (QED) is 0.724. The first-order valence-corrected chi connectivity index (χ1v) is 8.41. The molecule has 6 nitrogen and oxygen atoms in total. The first-order valence-electron chi connectivity index (χ1n) is 7.04. The molecule has 0 atom stereocenters. The van der Waals surface area contributed by atoms with Gasteiger partial charge in [-0.3, -0.25) is 14.2 Å². The zero-order chi connectivity index (χ0) is 17.1. The molecule has 1 aromatic carbocycles. The summed E-state index contributed by atoms with van der Waals surface area (Å²) in [6, 6.07) is 10.4. The van der Waals surface area contributed by atoms with E-state index in [-0.39, 0.29) is 22.2 Å². The normalized spacial score (nSPS) is 10.8. The second-order valence-electron chi connectivity index (χ2n) is 4.97. The van der Waals surface area contributed by atoms with Gasteiger partial charge in [0.15, 0.2) is 10.7 Å². The fourth-order valence-corrected chi connectivity index (χ4v) is 3.08. The van der Waals surface area contributed by atoms with Crippen molar-refractivity contribution >= 4 is 46.1 Å². The lowest BCUT2D eigenvalue weighted by atomic mass is 10.3. The summed E-state index contributed by atoms with van der Waals surface area (Å²) in [6.45, 7) is 0. The van der Waals surface area contributed by atoms with Gasteiger partial charge in [-0.15, -0.1) is 0 Å². The Labute approximate surface area is 146 Å². The Balaban J connectivity index is 1.75. The minimum Gasteiger partial charge on any atom is -0.325 e. The molecule has 0 fully saturated rings. The Kier molecular flexibility index (Phi) is 4.82. The van der Waals surface area contributed by atoms with E-state index in [4.69, 9.17) is 11.6 Å². The molecule has 0 spiro atoms. The molecule has 3 aromatic rings. The van der Waals surface area contributed by atoms with Crippen molar-refractivity contribution in [1.29, 1.82) is 0 Å². The van der Waals surface area contributed by atoms with E-state index < -0.39 is 0 Å². The van der Waals surface area contributed by atoms with Crippen LogP contribution in [0.2, 0.25) is 5.02 Å². The largest absolute Gasteiger partial charge is 0.325 e. The molecule has 0 radical (unpaired) electrons. The summed E-state index contributed by atoms with van der Waals surface area (Å²) < 4.78 is 1.43. The van der Waals surface area contributed by atoms with Crippen molar-refractivity contribution in [3.05, 3.63) is 58.0 Å². The van der Waals surface area contributed by atoms with Crippen LogP contribution in [0.3, 0.4) is 0 Å². The van der Waals surface area contributed by atoms with Crippen molar-refractivity contribution in [2.45, 2.75) is 5.03 Å². The van der Waals surface area contributed by atoms with Crippen molar-refractivity contribution in [3.63, 3.8) is 0 Å². The molecule has 122 valence electrons. The SMILES string of the molecule is Cn1c(=O)c(SCC(=O)Nc2cccc(Cl)c2)nc2cccnc21. The number of aryl methyl sites for hydroxylation is 1. The molecule has 1 N–H and O–H groups in total. The van der Waals surface area contributed by atoms with E-state index in [2.05, 4.69) is 15.3 Å². The number of nitrogens with zero attached hydrogens (tertiary/aromatic N) is 3. The lowest BCUT2D eigenvalue weighted by Crippen LogP contribution is -2.22. The number of carbonyl (C=O) groups excluding carboxylic acids is 1. The maximum atomic E-state index is 12.3. The van der Waals surface area contributed by atoms with Crippen molar-refractivity contribution < 1.29 is 4.79 Å². The van der Waals surface area contributed by atoms with Crippen LogP contribution in [-0.4, -0.2) is 26.2 Å². The van der Waals surface area contributed by atoms with Crippen LogP contribution in [0.5, 0.6) is 0 Å². The van der Waals surface area contributed by atoms with Crippen LogP contribution in [0.1, 0.15) is 0 Å². The van der Waals surface area contributed by atoms with E-state index in [1.165, 1.54) is 4.57 Å². The highest BCUT2D eigenvalue weighted by Gasteiger charge is 2.12. The third-order valence-electron chi connectivity index (χ3n) is 3.24. The van der Waals surface area contributed by atoms with Gasteiger partial charge in [-0.2, -0.15) is 0 Å². The fraction of sp³-hybridized carbons (Fsp3) is 0.125. The Morgan fingerprint density at radius 1 is 1.33 bits per heavy atom. The molecule has 1 amide bonds. The van der Waals surface area contributed by atoms with Gasteiger partial charge in [0.1, 0.15) is 5.52 Å². The number of benzene rings is 1. The summed E-state index contributed by atoms with van der Waals surface area (Å²) in [5.74, 6) is -0.169. The lowest BCUT2D eigenvalue weighted by Gasteiger charge is -2.07. The molecule has 0 saturated carbocycles. The fourth-order valence-electron chi connectivity index (χ4n) is 2.12. The summed E-state index contributed by atoms with van der Waals surface area (Å²) >= 11 is 6.97. The van der Waals surface area contributed by atoms with Crippen molar-refractivity contribution in [1.82, 2.24) is 14.5 Å². The average Bonchev–Trinajstić information content (AvgIpc) is 2.57. The van der Waals surface area contributed by atoms with Crippen LogP contribution < -0.4 is 10.9 Å². The van der Waals surface area contributed by atoms with Gasteiger partial charge >= 0.3 is 0 Å². The zero-order valence-electron chi connectivity index (χ0n) is 12.7. The Morgan fingerprint density at radius 2 is 2.17 bits per heavy atom. The number of amides is 1. The molecule has 2 heterocycles. The van der Waals surface area contributed by atoms with Crippen molar-refractivity contribution in [2.75, 3.05) is 11.1 Å². The first kappa shape index (κ1) is 16.5. The Hall–Kier alpha value is -2.38. The standard InChI is InChI=1S/C16H13ClN4O2S/c1-21-14-12(6-3-7-18-14)20-15(16(21)23)24-9-13(22)19-11-5-2-4-10(17)8-11/h2-8H,9H2,1H3,(H,19,22). The monoisotopic (exact) mass is 360 g/mol. The number of aromatic nitrogens is 3. The Morgan fingerprint density at radius 3 is 2.96 bits per heavy atom. The molecule has 3 rings (SSSR count). The summed E-state index contributed by atoms with van der Waals surface area (Å²) in [4.78, 5) is 32.8. The number of pyridine rings is 1. The van der Waals surface area contributed by atoms with E-state index in [1.807, 2.05) is 0 Å². The molecular formula is C16H13ClN4O2S. The van der Waals surface area contributed by atoms with Crippen LogP contribution in [0.25, 0.3) is 11.2 Å². The molecule has 2 aromatic heterocycles. The molecule has 0 aliphatic rings. The van der Waals surface area contributed by atoms with E-state index in [9.17, 15) is 9.59 Å². The predicted octanol–water partition coefficient (Wildman–Crippen LogP) is 2.71. The highest BCUT2D eigenvalue weighted by Crippen LogP contribution is 2.17.